The fraction of sp³-hybridized carbons (Fsp3) is 0.312. The van der Waals surface area contributed by atoms with Crippen LogP contribution in [0.1, 0.15) is 17.2 Å². The molecule has 116 valence electrons. The molecule has 6 heteroatoms. The van der Waals surface area contributed by atoms with Gasteiger partial charge in [0.1, 0.15) is 0 Å². The lowest BCUT2D eigenvalue weighted by Gasteiger charge is -2.39. The van der Waals surface area contributed by atoms with Gasteiger partial charge in [-0.05, 0) is 40.1 Å². The van der Waals surface area contributed by atoms with Crippen molar-refractivity contribution in [1.82, 2.24) is 10.2 Å². The quantitative estimate of drug-likeness (QED) is 0.901. The van der Waals surface area contributed by atoms with E-state index in [1.165, 1.54) is 0 Å². The minimum Gasteiger partial charge on any atom is -0.396 e. The number of nitrogens with one attached hydrogen (secondary N) is 1. The molecule has 0 unspecified atom stereocenters. The van der Waals surface area contributed by atoms with Gasteiger partial charge in [0.15, 0.2) is 0 Å². The van der Waals surface area contributed by atoms with Crippen LogP contribution in [0.2, 0.25) is 5.02 Å². The number of thiophene rings is 1. The molecular formula is C16H17ClN2O2S. The van der Waals surface area contributed by atoms with Crippen LogP contribution in [-0.4, -0.2) is 35.7 Å². The van der Waals surface area contributed by atoms with Gasteiger partial charge in [0.05, 0.1) is 6.04 Å². The molecule has 0 spiro atoms. The third-order valence-corrected chi connectivity index (χ3v) is 4.80. The standard InChI is InChI=1S/C16H17ClN2O2S/c17-14-3-1-12(2-4-14)15(13-5-6-22-10-13)18-16(21)19-7-11(8-19)9-20/h1-6,10-11,15,20H,7-9H2,(H,18,21)/t15-/m1/s1. The number of benzene rings is 1. The van der Waals surface area contributed by atoms with Gasteiger partial charge in [0.2, 0.25) is 0 Å². The summed E-state index contributed by atoms with van der Waals surface area (Å²) >= 11 is 7.54. The first-order chi connectivity index (χ1) is 10.7. The SMILES string of the molecule is O=C(N[C@H](c1ccc(Cl)cc1)c1ccsc1)N1CC(CO)C1. The second kappa shape index (κ2) is 6.69. The van der Waals surface area contributed by atoms with Gasteiger partial charge in [-0.15, -0.1) is 0 Å². The minimum absolute atomic E-state index is 0.101. The van der Waals surface area contributed by atoms with Gasteiger partial charge in [0.25, 0.3) is 0 Å². The third-order valence-electron chi connectivity index (χ3n) is 3.85. The Balaban J connectivity index is 1.75. The number of nitrogens with zero attached hydrogens (tertiary/aromatic N) is 1. The smallest absolute Gasteiger partial charge is 0.318 e. The lowest BCUT2D eigenvalue weighted by Crippen LogP contribution is -2.55. The lowest BCUT2D eigenvalue weighted by molar-refractivity contribution is 0.0768. The number of rotatable bonds is 4. The Bertz CT molecular complexity index is 624. The molecule has 1 aliphatic heterocycles. The lowest BCUT2D eigenvalue weighted by atomic mass is 10.00. The van der Waals surface area contributed by atoms with E-state index in [4.69, 9.17) is 16.7 Å². The molecule has 2 aromatic rings. The van der Waals surface area contributed by atoms with Crippen LogP contribution >= 0.6 is 22.9 Å². The zero-order valence-corrected chi connectivity index (χ0v) is 13.5. The Morgan fingerprint density at radius 1 is 1.32 bits per heavy atom. The first-order valence-corrected chi connectivity index (χ1v) is 8.43. The predicted molar refractivity (Wildman–Crippen MR) is 88.3 cm³/mol. The van der Waals surface area contributed by atoms with E-state index in [1.54, 1.807) is 16.2 Å². The van der Waals surface area contributed by atoms with Crippen molar-refractivity contribution < 1.29 is 9.90 Å². The second-order valence-electron chi connectivity index (χ2n) is 5.44. The van der Waals surface area contributed by atoms with Crippen molar-refractivity contribution in [3.8, 4) is 0 Å². The van der Waals surface area contributed by atoms with Crippen molar-refractivity contribution in [3.05, 3.63) is 57.2 Å². The zero-order valence-electron chi connectivity index (χ0n) is 11.9. The molecule has 2 N–H and O–H groups in total. The number of likely N-dealkylation sites (tertiary alicyclic amines) is 1. The average molecular weight is 337 g/mol. The molecule has 2 amide bonds. The van der Waals surface area contributed by atoms with Crippen LogP contribution in [0.3, 0.4) is 0 Å². The summed E-state index contributed by atoms with van der Waals surface area (Å²) in [6.07, 6.45) is 0. The summed E-state index contributed by atoms with van der Waals surface area (Å²) in [6, 6.07) is 9.23. The van der Waals surface area contributed by atoms with Gasteiger partial charge in [-0.2, -0.15) is 11.3 Å². The first-order valence-electron chi connectivity index (χ1n) is 7.11. The molecular weight excluding hydrogens is 320 g/mol. The van der Waals surface area contributed by atoms with Gasteiger partial charge >= 0.3 is 6.03 Å². The maximum Gasteiger partial charge on any atom is 0.318 e. The van der Waals surface area contributed by atoms with Crippen molar-refractivity contribution in [3.63, 3.8) is 0 Å². The molecule has 3 rings (SSSR count). The van der Waals surface area contributed by atoms with Crippen molar-refractivity contribution in [2.75, 3.05) is 19.7 Å². The molecule has 1 saturated heterocycles. The molecule has 1 aliphatic rings. The van der Waals surface area contributed by atoms with Gasteiger partial charge in [-0.3, -0.25) is 0 Å². The van der Waals surface area contributed by atoms with Gasteiger partial charge in [0, 0.05) is 30.6 Å². The van der Waals surface area contributed by atoms with E-state index in [2.05, 4.69) is 5.32 Å². The van der Waals surface area contributed by atoms with Crippen molar-refractivity contribution in [2.45, 2.75) is 6.04 Å². The molecule has 1 aromatic heterocycles. The maximum atomic E-state index is 12.3. The van der Waals surface area contributed by atoms with Crippen LogP contribution in [0.15, 0.2) is 41.1 Å². The first kappa shape index (κ1) is 15.3. The Labute approximate surface area is 138 Å². The van der Waals surface area contributed by atoms with Gasteiger partial charge in [-0.1, -0.05) is 23.7 Å². The highest BCUT2D eigenvalue weighted by molar-refractivity contribution is 7.08. The molecule has 4 nitrogen and oxygen atoms in total. The third kappa shape index (κ3) is 3.27. The zero-order chi connectivity index (χ0) is 15.5. The van der Waals surface area contributed by atoms with Crippen LogP contribution in [0, 0.1) is 5.92 Å². The number of aliphatic hydroxyl groups is 1. The average Bonchev–Trinajstić information content (AvgIpc) is 2.99. The summed E-state index contributed by atoms with van der Waals surface area (Å²) < 4.78 is 0. The number of aliphatic hydroxyl groups excluding tert-OH is 1. The highest BCUT2D eigenvalue weighted by Gasteiger charge is 2.31. The molecule has 1 atom stereocenters. The number of hydrogen-bond donors (Lipinski definition) is 2. The van der Waals surface area contributed by atoms with Gasteiger partial charge in [-0.25, -0.2) is 4.79 Å². The molecule has 0 radical (unpaired) electrons. The van der Waals surface area contributed by atoms with Crippen molar-refractivity contribution >= 4 is 29.0 Å². The predicted octanol–water partition coefficient (Wildman–Crippen LogP) is 3.12. The number of halogens is 1. The monoisotopic (exact) mass is 336 g/mol. The second-order valence-corrected chi connectivity index (χ2v) is 6.66. The highest BCUT2D eigenvalue weighted by atomic mass is 35.5. The summed E-state index contributed by atoms with van der Waals surface area (Å²) in [4.78, 5) is 14.1. The minimum atomic E-state index is -0.191. The topological polar surface area (TPSA) is 52.6 Å². The van der Waals surface area contributed by atoms with E-state index in [9.17, 15) is 4.79 Å². The van der Waals surface area contributed by atoms with Crippen molar-refractivity contribution in [2.24, 2.45) is 5.92 Å². The van der Waals surface area contributed by atoms with E-state index >= 15 is 0 Å². The Kier molecular flexibility index (Phi) is 4.66. The summed E-state index contributed by atoms with van der Waals surface area (Å²) in [5, 5.41) is 16.8. The summed E-state index contributed by atoms with van der Waals surface area (Å²) in [5.74, 6) is 0.209. The molecule has 0 bridgehead atoms. The van der Waals surface area contributed by atoms with E-state index in [-0.39, 0.29) is 24.6 Å². The van der Waals surface area contributed by atoms with Crippen LogP contribution in [0.25, 0.3) is 0 Å². The van der Waals surface area contributed by atoms with Crippen molar-refractivity contribution in [1.29, 1.82) is 0 Å². The van der Waals surface area contributed by atoms with Crippen LogP contribution < -0.4 is 5.32 Å². The Morgan fingerprint density at radius 2 is 2.05 bits per heavy atom. The number of carbonyl (C=O) groups is 1. The normalized spacial score (nSPS) is 16.2. The number of carbonyl (C=O) groups excluding carboxylic acids is 1. The van der Waals surface area contributed by atoms with Crippen LogP contribution in [0.5, 0.6) is 0 Å². The van der Waals surface area contributed by atoms with Crippen LogP contribution in [0.4, 0.5) is 4.79 Å². The molecule has 1 aromatic carbocycles. The largest absolute Gasteiger partial charge is 0.396 e. The molecule has 0 saturated carbocycles. The number of hydrogen-bond acceptors (Lipinski definition) is 3. The Hall–Kier alpha value is -1.56. The van der Waals surface area contributed by atoms with E-state index in [0.29, 0.717) is 18.1 Å². The molecule has 0 aliphatic carbocycles. The van der Waals surface area contributed by atoms with Crippen LogP contribution in [-0.2, 0) is 0 Å². The van der Waals surface area contributed by atoms with Gasteiger partial charge < -0.3 is 15.3 Å². The fourth-order valence-electron chi connectivity index (χ4n) is 2.52. The summed E-state index contributed by atoms with van der Waals surface area (Å²) in [6.45, 7) is 1.35. The Morgan fingerprint density at radius 3 is 2.64 bits per heavy atom. The maximum absolute atomic E-state index is 12.3. The molecule has 2 heterocycles. The van der Waals surface area contributed by atoms with E-state index in [1.807, 2.05) is 41.1 Å². The summed E-state index contributed by atoms with van der Waals surface area (Å²) in [5.41, 5.74) is 2.05. The van der Waals surface area contributed by atoms with E-state index in [0.717, 1.165) is 11.1 Å². The molecule has 22 heavy (non-hydrogen) atoms. The highest BCUT2D eigenvalue weighted by Crippen LogP contribution is 2.26. The fourth-order valence-corrected chi connectivity index (χ4v) is 3.33. The van der Waals surface area contributed by atoms with E-state index < -0.39 is 0 Å². The molecule has 1 fully saturated rings. The number of amides is 2. The summed E-state index contributed by atoms with van der Waals surface area (Å²) in [7, 11) is 0. The number of urea groups is 1.